The van der Waals surface area contributed by atoms with Gasteiger partial charge in [-0.25, -0.2) is 0 Å². The zero-order valence-electron chi connectivity index (χ0n) is 10.3. The topological polar surface area (TPSA) is 52.6 Å². The summed E-state index contributed by atoms with van der Waals surface area (Å²) in [5.74, 6) is -0.157. The fourth-order valence-corrected chi connectivity index (χ4v) is 3.42. The van der Waals surface area contributed by atoms with Gasteiger partial charge in [-0.15, -0.1) is 0 Å². The third-order valence-electron chi connectivity index (χ3n) is 4.14. The first-order valence-electron chi connectivity index (χ1n) is 5.87. The summed E-state index contributed by atoms with van der Waals surface area (Å²) in [6.45, 7) is 3.98. The number of rotatable bonds is 2. The lowest BCUT2D eigenvalue weighted by molar-refractivity contribution is -0.169. The van der Waals surface area contributed by atoms with E-state index in [1.807, 2.05) is 0 Å². The van der Waals surface area contributed by atoms with Crippen LogP contribution < -0.4 is 0 Å². The van der Waals surface area contributed by atoms with Crippen molar-refractivity contribution in [2.45, 2.75) is 25.7 Å². The maximum absolute atomic E-state index is 11.9. The summed E-state index contributed by atoms with van der Waals surface area (Å²) >= 11 is 0. The number of hydrogen-bond acceptors (Lipinski definition) is 4. The van der Waals surface area contributed by atoms with E-state index in [4.69, 9.17) is 9.47 Å². The highest BCUT2D eigenvalue weighted by Gasteiger charge is 2.58. The molecule has 2 aliphatic carbocycles. The van der Waals surface area contributed by atoms with E-state index in [2.05, 4.69) is 6.58 Å². The zero-order chi connectivity index (χ0) is 12.6. The van der Waals surface area contributed by atoms with Crippen LogP contribution in [0.3, 0.4) is 0 Å². The van der Waals surface area contributed by atoms with E-state index in [-0.39, 0.29) is 0 Å². The largest absolute Gasteiger partial charge is 0.468 e. The van der Waals surface area contributed by atoms with E-state index < -0.39 is 17.4 Å². The van der Waals surface area contributed by atoms with Crippen LogP contribution in [-0.2, 0) is 19.1 Å². The van der Waals surface area contributed by atoms with E-state index in [0.717, 1.165) is 12.8 Å². The van der Waals surface area contributed by atoms with Crippen molar-refractivity contribution in [3.8, 4) is 0 Å². The summed E-state index contributed by atoms with van der Waals surface area (Å²) in [5.41, 5.74) is 0.155. The number of allylic oxidation sites excluding steroid dienone is 1. The van der Waals surface area contributed by atoms with Crippen LogP contribution in [0.25, 0.3) is 0 Å². The van der Waals surface area contributed by atoms with Crippen LogP contribution in [0, 0.1) is 17.3 Å². The smallest absolute Gasteiger partial charge is 0.323 e. The molecule has 0 heterocycles. The molecule has 2 atom stereocenters. The van der Waals surface area contributed by atoms with Crippen LogP contribution in [-0.4, -0.2) is 26.2 Å². The Kier molecular flexibility index (Phi) is 2.98. The van der Waals surface area contributed by atoms with Crippen molar-refractivity contribution < 1.29 is 19.1 Å². The van der Waals surface area contributed by atoms with Gasteiger partial charge in [-0.05, 0) is 37.5 Å². The Morgan fingerprint density at radius 2 is 1.53 bits per heavy atom. The SMILES string of the molecule is C=C1C[C@@H]2CC(C(=O)OC)(C(=O)OC)C[C@@H]2C1. The van der Waals surface area contributed by atoms with Crippen molar-refractivity contribution in [2.75, 3.05) is 14.2 Å². The van der Waals surface area contributed by atoms with Crippen LogP contribution >= 0.6 is 0 Å². The molecule has 0 spiro atoms. The lowest BCUT2D eigenvalue weighted by atomic mass is 9.83. The Morgan fingerprint density at radius 3 is 1.88 bits per heavy atom. The van der Waals surface area contributed by atoms with Gasteiger partial charge >= 0.3 is 11.9 Å². The first-order chi connectivity index (χ1) is 8.03. The number of ether oxygens (including phenoxy) is 2. The number of carbonyl (C=O) groups excluding carboxylic acids is 2. The standard InChI is InChI=1S/C13H18O4/c1-8-4-9-6-13(11(14)16-2,12(15)17-3)7-10(9)5-8/h9-10H,1,4-7H2,2-3H3/t9-,10+. The fraction of sp³-hybridized carbons (Fsp3) is 0.692. The van der Waals surface area contributed by atoms with E-state index in [0.29, 0.717) is 24.7 Å². The number of carbonyl (C=O) groups is 2. The summed E-state index contributed by atoms with van der Waals surface area (Å²) in [4.78, 5) is 23.8. The van der Waals surface area contributed by atoms with Gasteiger partial charge in [0.2, 0.25) is 0 Å². The second kappa shape index (κ2) is 4.17. The number of hydrogen-bond donors (Lipinski definition) is 0. The highest BCUT2D eigenvalue weighted by Crippen LogP contribution is 2.55. The molecule has 0 aromatic rings. The van der Waals surface area contributed by atoms with E-state index in [9.17, 15) is 9.59 Å². The van der Waals surface area contributed by atoms with Crippen molar-refractivity contribution >= 4 is 11.9 Å². The van der Waals surface area contributed by atoms with Crippen molar-refractivity contribution in [2.24, 2.45) is 17.3 Å². The molecule has 2 rings (SSSR count). The first-order valence-corrected chi connectivity index (χ1v) is 5.87. The molecule has 0 bridgehead atoms. The van der Waals surface area contributed by atoms with E-state index in [1.54, 1.807) is 0 Å². The Morgan fingerprint density at radius 1 is 1.12 bits per heavy atom. The molecule has 0 radical (unpaired) electrons. The molecule has 0 aliphatic heterocycles. The summed E-state index contributed by atoms with van der Waals surface area (Å²) < 4.78 is 9.58. The van der Waals surface area contributed by atoms with Gasteiger partial charge < -0.3 is 9.47 Å². The first kappa shape index (κ1) is 12.1. The normalized spacial score (nSPS) is 29.9. The average Bonchev–Trinajstić information content (AvgIpc) is 2.81. The molecular weight excluding hydrogens is 220 g/mol. The van der Waals surface area contributed by atoms with Crippen molar-refractivity contribution in [3.05, 3.63) is 12.2 Å². The summed E-state index contributed by atoms with van der Waals surface area (Å²) in [6.07, 6.45) is 2.91. The molecule has 0 N–H and O–H groups in total. The van der Waals surface area contributed by atoms with Crippen LogP contribution in [0.4, 0.5) is 0 Å². The highest BCUT2D eigenvalue weighted by atomic mass is 16.5. The van der Waals surface area contributed by atoms with Crippen LogP contribution in [0.15, 0.2) is 12.2 Å². The average molecular weight is 238 g/mol. The van der Waals surface area contributed by atoms with Crippen LogP contribution in [0.5, 0.6) is 0 Å². The molecule has 0 aromatic heterocycles. The molecule has 94 valence electrons. The second-order valence-electron chi connectivity index (χ2n) is 5.15. The molecule has 4 heteroatoms. The van der Waals surface area contributed by atoms with Crippen molar-refractivity contribution in [3.63, 3.8) is 0 Å². The third kappa shape index (κ3) is 1.75. The predicted octanol–water partition coefficient (Wildman–Crippen LogP) is 1.70. The summed E-state index contributed by atoms with van der Waals surface area (Å²) in [6, 6.07) is 0. The Labute approximate surface area is 101 Å². The lowest BCUT2D eigenvalue weighted by Gasteiger charge is -2.23. The molecule has 4 nitrogen and oxygen atoms in total. The van der Waals surface area contributed by atoms with Gasteiger partial charge in [0, 0.05) is 0 Å². The number of methoxy groups -OCH3 is 2. The molecule has 2 aliphatic rings. The number of esters is 2. The van der Waals surface area contributed by atoms with Gasteiger partial charge in [0.1, 0.15) is 0 Å². The molecule has 17 heavy (non-hydrogen) atoms. The van der Waals surface area contributed by atoms with Crippen molar-refractivity contribution in [1.29, 1.82) is 0 Å². The maximum atomic E-state index is 11.9. The Balaban J connectivity index is 2.25. The minimum Gasteiger partial charge on any atom is -0.468 e. The van der Waals surface area contributed by atoms with Gasteiger partial charge in [0.15, 0.2) is 5.41 Å². The molecule has 0 amide bonds. The maximum Gasteiger partial charge on any atom is 0.323 e. The molecule has 0 saturated heterocycles. The number of fused-ring (bicyclic) bond motifs is 1. The minimum atomic E-state index is -1.07. The fourth-order valence-electron chi connectivity index (χ4n) is 3.42. The Hall–Kier alpha value is -1.32. The predicted molar refractivity (Wildman–Crippen MR) is 61.1 cm³/mol. The zero-order valence-corrected chi connectivity index (χ0v) is 10.3. The molecule has 0 unspecified atom stereocenters. The van der Waals surface area contributed by atoms with Crippen LogP contribution in [0.1, 0.15) is 25.7 Å². The molecule has 0 aromatic carbocycles. The highest BCUT2D eigenvalue weighted by molar-refractivity contribution is 6.00. The van der Waals surface area contributed by atoms with Crippen LogP contribution in [0.2, 0.25) is 0 Å². The molecular formula is C13H18O4. The van der Waals surface area contributed by atoms with E-state index >= 15 is 0 Å². The Bertz CT molecular complexity index is 338. The lowest BCUT2D eigenvalue weighted by Crippen LogP contribution is -2.39. The van der Waals surface area contributed by atoms with E-state index in [1.165, 1.54) is 19.8 Å². The van der Waals surface area contributed by atoms with Gasteiger partial charge in [-0.3, -0.25) is 9.59 Å². The van der Waals surface area contributed by atoms with Gasteiger partial charge in [0.05, 0.1) is 14.2 Å². The summed E-state index contributed by atoms with van der Waals surface area (Å²) in [7, 11) is 2.64. The third-order valence-corrected chi connectivity index (χ3v) is 4.14. The minimum absolute atomic E-state index is 0.376. The second-order valence-corrected chi connectivity index (χ2v) is 5.15. The van der Waals surface area contributed by atoms with Crippen molar-refractivity contribution in [1.82, 2.24) is 0 Å². The molecule has 2 fully saturated rings. The quantitative estimate of drug-likeness (QED) is 0.417. The van der Waals surface area contributed by atoms with Gasteiger partial charge in [-0.1, -0.05) is 12.2 Å². The van der Waals surface area contributed by atoms with Gasteiger partial charge in [-0.2, -0.15) is 0 Å². The monoisotopic (exact) mass is 238 g/mol. The summed E-state index contributed by atoms with van der Waals surface area (Å²) in [5, 5.41) is 0. The van der Waals surface area contributed by atoms with Gasteiger partial charge in [0.25, 0.3) is 0 Å². The molecule has 2 saturated carbocycles.